The third-order valence-electron chi connectivity index (χ3n) is 4.26. The monoisotopic (exact) mass is 393 g/mol. The Balaban J connectivity index is 1.50. The molecule has 4 rings (SSSR count). The lowest BCUT2D eigenvalue weighted by Crippen LogP contribution is -2.15. The van der Waals surface area contributed by atoms with E-state index in [1.807, 2.05) is 30.3 Å². The predicted molar refractivity (Wildman–Crippen MR) is 103 cm³/mol. The molecule has 5 heteroatoms. The van der Waals surface area contributed by atoms with Gasteiger partial charge in [0.2, 0.25) is 0 Å². The Morgan fingerprint density at radius 1 is 1.08 bits per heavy atom. The molecular formula is C20H16BrN3O. The van der Waals surface area contributed by atoms with E-state index in [2.05, 4.69) is 49.3 Å². The topological polar surface area (TPSA) is 45.2 Å². The average molecular weight is 394 g/mol. The van der Waals surface area contributed by atoms with Gasteiger partial charge < -0.3 is 10.2 Å². The maximum Gasteiger partial charge on any atom is 0.255 e. The number of hydrogen-bond donors (Lipinski definition) is 1. The molecule has 1 N–H and O–H groups in total. The number of nitrogens with zero attached hydrogens (tertiary/aromatic N) is 2. The summed E-state index contributed by atoms with van der Waals surface area (Å²) in [5.74, 6) is 0.743. The SMILES string of the molecule is O=C(Nc1ccc(N2CCc3ccccc32)nc1)c1cccc(Br)c1. The number of para-hydroxylation sites is 1. The van der Waals surface area contributed by atoms with Crippen LogP contribution in [0.15, 0.2) is 71.3 Å². The molecule has 4 nitrogen and oxygen atoms in total. The molecule has 1 amide bonds. The third kappa shape index (κ3) is 3.28. The summed E-state index contributed by atoms with van der Waals surface area (Å²) in [6.07, 6.45) is 2.73. The van der Waals surface area contributed by atoms with Crippen LogP contribution in [0.3, 0.4) is 0 Å². The summed E-state index contributed by atoms with van der Waals surface area (Å²) in [6, 6.07) is 19.5. The van der Waals surface area contributed by atoms with Gasteiger partial charge in [-0.3, -0.25) is 4.79 Å². The van der Waals surface area contributed by atoms with Crippen molar-refractivity contribution >= 4 is 39.0 Å². The number of rotatable bonds is 3. The van der Waals surface area contributed by atoms with E-state index in [0.717, 1.165) is 23.3 Å². The maximum absolute atomic E-state index is 12.3. The Kier molecular flexibility index (Phi) is 4.24. The lowest BCUT2D eigenvalue weighted by atomic mass is 10.2. The summed E-state index contributed by atoms with van der Waals surface area (Å²) < 4.78 is 0.876. The zero-order chi connectivity index (χ0) is 17.2. The van der Waals surface area contributed by atoms with E-state index >= 15 is 0 Å². The fraction of sp³-hybridized carbons (Fsp3) is 0.100. The number of halogens is 1. The Morgan fingerprint density at radius 3 is 2.76 bits per heavy atom. The quantitative estimate of drug-likeness (QED) is 0.695. The van der Waals surface area contributed by atoms with Gasteiger partial charge in [0.15, 0.2) is 0 Å². The van der Waals surface area contributed by atoms with Crippen LogP contribution in [0.25, 0.3) is 0 Å². The van der Waals surface area contributed by atoms with Gasteiger partial charge in [-0.25, -0.2) is 4.98 Å². The highest BCUT2D eigenvalue weighted by molar-refractivity contribution is 9.10. The minimum atomic E-state index is -0.151. The van der Waals surface area contributed by atoms with E-state index in [-0.39, 0.29) is 5.91 Å². The molecule has 1 aromatic heterocycles. The number of benzene rings is 2. The van der Waals surface area contributed by atoms with Gasteiger partial charge in [-0.05, 0) is 48.4 Å². The van der Waals surface area contributed by atoms with Crippen molar-refractivity contribution in [3.63, 3.8) is 0 Å². The van der Waals surface area contributed by atoms with Crippen LogP contribution in [0.2, 0.25) is 0 Å². The number of carbonyl (C=O) groups excluding carboxylic acids is 1. The molecule has 0 aliphatic carbocycles. The highest BCUT2D eigenvalue weighted by Crippen LogP contribution is 2.33. The number of aromatic nitrogens is 1. The Bertz CT molecular complexity index is 924. The molecule has 0 unspecified atom stereocenters. The molecule has 2 aromatic carbocycles. The van der Waals surface area contributed by atoms with Crippen LogP contribution in [-0.4, -0.2) is 17.4 Å². The van der Waals surface area contributed by atoms with Gasteiger partial charge in [0.1, 0.15) is 5.82 Å². The fourth-order valence-corrected chi connectivity index (χ4v) is 3.43. The smallest absolute Gasteiger partial charge is 0.255 e. The van der Waals surface area contributed by atoms with Crippen molar-refractivity contribution in [1.82, 2.24) is 4.98 Å². The molecule has 0 radical (unpaired) electrons. The van der Waals surface area contributed by atoms with E-state index in [0.29, 0.717) is 11.3 Å². The number of pyridine rings is 1. The van der Waals surface area contributed by atoms with Crippen LogP contribution in [0.1, 0.15) is 15.9 Å². The average Bonchev–Trinajstić information content (AvgIpc) is 3.06. The minimum Gasteiger partial charge on any atom is -0.326 e. The summed E-state index contributed by atoms with van der Waals surface area (Å²) in [4.78, 5) is 19.0. The van der Waals surface area contributed by atoms with Crippen LogP contribution in [0.4, 0.5) is 17.2 Å². The molecule has 1 aliphatic heterocycles. The second kappa shape index (κ2) is 6.69. The minimum absolute atomic E-state index is 0.151. The number of nitrogens with one attached hydrogen (secondary N) is 1. The van der Waals surface area contributed by atoms with E-state index in [9.17, 15) is 4.79 Å². The van der Waals surface area contributed by atoms with Crippen molar-refractivity contribution in [2.45, 2.75) is 6.42 Å². The first kappa shape index (κ1) is 15.8. The second-order valence-corrected chi connectivity index (χ2v) is 6.82. The van der Waals surface area contributed by atoms with Gasteiger partial charge in [0.05, 0.1) is 11.9 Å². The van der Waals surface area contributed by atoms with Crippen molar-refractivity contribution < 1.29 is 4.79 Å². The summed E-state index contributed by atoms with van der Waals surface area (Å²) in [7, 11) is 0. The number of amides is 1. The van der Waals surface area contributed by atoms with Crippen LogP contribution >= 0.6 is 15.9 Å². The Hall–Kier alpha value is -2.66. The largest absolute Gasteiger partial charge is 0.326 e. The number of hydrogen-bond acceptors (Lipinski definition) is 3. The lowest BCUT2D eigenvalue weighted by molar-refractivity contribution is 0.102. The molecule has 0 fully saturated rings. The summed E-state index contributed by atoms with van der Waals surface area (Å²) >= 11 is 3.38. The van der Waals surface area contributed by atoms with E-state index in [4.69, 9.17) is 0 Å². The van der Waals surface area contributed by atoms with E-state index in [1.165, 1.54) is 11.3 Å². The predicted octanol–water partition coefficient (Wildman–Crippen LogP) is 4.79. The molecule has 0 saturated carbocycles. The van der Waals surface area contributed by atoms with Gasteiger partial charge in [0, 0.05) is 22.3 Å². The Labute approximate surface area is 154 Å². The van der Waals surface area contributed by atoms with Gasteiger partial charge in [0.25, 0.3) is 5.91 Å². The molecule has 124 valence electrons. The normalized spacial score (nSPS) is 12.8. The first-order valence-electron chi connectivity index (χ1n) is 8.09. The van der Waals surface area contributed by atoms with Gasteiger partial charge in [-0.2, -0.15) is 0 Å². The summed E-state index contributed by atoms with van der Waals surface area (Å²) in [6.45, 7) is 0.927. The van der Waals surface area contributed by atoms with Crippen molar-refractivity contribution in [3.05, 3.63) is 82.5 Å². The molecule has 0 atom stereocenters. The fourth-order valence-electron chi connectivity index (χ4n) is 3.03. The van der Waals surface area contributed by atoms with Crippen molar-refractivity contribution in [2.75, 3.05) is 16.8 Å². The second-order valence-electron chi connectivity index (χ2n) is 5.90. The molecule has 25 heavy (non-hydrogen) atoms. The number of fused-ring (bicyclic) bond motifs is 1. The Morgan fingerprint density at radius 2 is 1.96 bits per heavy atom. The number of carbonyl (C=O) groups is 1. The van der Waals surface area contributed by atoms with Crippen molar-refractivity contribution in [1.29, 1.82) is 0 Å². The van der Waals surface area contributed by atoms with Crippen LogP contribution in [-0.2, 0) is 6.42 Å². The zero-order valence-corrected chi connectivity index (χ0v) is 15.0. The van der Waals surface area contributed by atoms with Crippen molar-refractivity contribution in [2.24, 2.45) is 0 Å². The molecule has 2 heterocycles. The van der Waals surface area contributed by atoms with Gasteiger partial charge in [-0.15, -0.1) is 0 Å². The van der Waals surface area contributed by atoms with E-state index in [1.54, 1.807) is 18.3 Å². The lowest BCUT2D eigenvalue weighted by Gasteiger charge is -2.18. The molecule has 3 aromatic rings. The van der Waals surface area contributed by atoms with Crippen LogP contribution in [0.5, 0.6) is 0 Å². The molecule has 0 saturated heterocycles. The zero-order valence-electron chi connectivity index (χ0n) is 13.4. The first-order chi connectivity index (χ1) is 12.2. The molecular weight excluding hydrogens is 378 g/mol. The highest BCUT2D eigenvalue weighted by Gasteiger charge is 2.20. The van der Waals surface area contributed by atoms with Gasteiger partial charge >= 0.3 is 0 Å². The third-order valence-corrected chi connectivity index (χ3v) is 4.75. The van der Waals surface area contributed by atoms with Gasteiger partial charge in [-0.1, -0.05) is 40.2 Å². The molecule has 0 spiro atoms. The maximum atomic E-state index is 12.3. The highest BCUT2D eigenvalue weighted by atomic mass is 79.9. The summed E-state index contributed by atoms with van der Waals surface area (Å²) in [5.41, 5.74) is 3.84. The summed E-state index contributed by atoms with van der Waals surface area (Å²) in [5, 5.41) is 2.88. The van der Waals surface area contributed by atoms with Crippen molar-refractivity contribution in [3.8, 4) is 0 Å². The first-order valence-corrected chi connectivity index (χ1v) is 8.88. The van der Waals surface area contributed by atoms with Crippen LogP contribution < -0.4 is 10.2 Å². The molecule has 0 bridgehead atoms. The van der Waals surface area contributed by atoms with E-state index < -0.39 is 0 Å². The number of anilines is 3. The van der Waals surface area contributed by atoms with Crippen LogP contribution in [0, 0.1) is 0 Å². The molecule has 1 aliphatic rings. The standard InChI is InChI=1S/C20H16BrN3O/c21-16-6-3-5-15(12-16)20(25)23-17-8-9-19(22-13-17)24-11-10-14-4-1-2-7-18(14)24/h1-9,12-13H,10-11H2,(H,23,25).